The van der Waals surface area contributed by atoms with Crippen LogP contribution in [0.25, 0.3) is 6.08 Å². The summed E-state index contributed by atoms with van der Waals surface area (Å²) in [5.74, 6) is -0.657. The molecule has 0 aromatic heterocycles. The number of hydrogen-bond donors (Lipinski definition) is 1. The van der Waals surface area contributed by atoms with Crippen molar-refractivity contribution in [2.75, 3.05) is 11.5 Å². The van der Waals surface area contributed by atoms with Gasteiger partial charge in [0.1, 0.15) is 17.9 Å². The fourth-order valence-electron chi connectivity index (χ4n) is 2.65. The lowest BCUT2D eigenvalue weighted by molar-refractivity contribution is -0.122. The van der Waals surface area contributed by atoms with Gasteiger partial charge >= 0.3 is 0 Å². The van der Waals surface area contributed by atoms with Gasteiger partial charge in [-0.2, -0.15) is 0 Å². The summed E-state index contributed by atoms with van der Waals surface area (Å²) < 4.78 is 6.86. The van der Waals surface area contributed by atoms with Gasteiger partial charge in [0.05, 0.1) is 24.7 Å². The van der Waals surface area contributed by atoms with Gasteiger partial charge < -0.3 is 4.74 Å². The first-order valence-electron chi connectivity index (χ1n) is 8.32. The minimum Gasteiger partial charge on any atom is -0.487 e. The molecule has 3 rings (SSSR count). The number of amides is 2. The topological polar surface area (TPSA) is 58.6 Å². The molecule has 0 bridgehead atoms. The number of rotatable bonds is 5. The molecular formula is C20H12Br2Cl2N2O3S. The van der Waals surface area contributed by atoms with Crippen molar-refractivity contribution in [1.82, 2.24) is 5.32 Å². The van der Waals surface area contributed by atoms with Crippen LogP contribution in [0.3, 0.4) is 0 Å². The summed E-state index contributed by atoms with van der Waals surface area (Å²) in [4.78, 5) is 26.8. The highest BCUT2D eigenvalue weighted by Crippen LogP contribution is 2.37. The first kappa shape index (κ1) is 23.0. The van der Waals surface area contributed by atoms with Crippen LogP contribution >= 0.6 is 67.3 Å². The van der Waals surface area contributed by atoms with E-state index in [0.717, 1.165) is 4.90 Å². The van der Waals surface area contributed by atoms with Crippen LogP contribution in [0.1, 0.15) is 5.56 Å². The van der Waals surface area contributed by atoms with Gasteiger partial charge in [-0.25, -0.2) is 0 Å². The number of nitrogens with zero attached hydrogens (tertiary/aromatic N) is 1. The van der Waals surface area contributed by atoms with Gasteiger partial charge in [0.15, 0.2) is 5.11 Å². The van der Waals surface area contributed by atoms with Crippen molar-refractivity contribution in [3.05, 3.63) is 73.1 Å². The van der Waals surface area contributed by atoms with Crippen molar-refractivity contribution >= 4 is 96.0 Å². The zero-order valence-corrected chi connectivity index (χ0v) is 20.5. The highest BCUT2D eigenvalue weighted by atomic mass is 79.9. The van der Waals surface area contributed by atoms with E-state index in [9.17, 15) is 9.59 Å². The third kappa shape index (κ3) is 4.63. The van der Waals surface area contributed by atoms with E-state index >= 15 is 0 Å². The quantitative estimate of drug-likeness (QED) is 0.203. The van der Waals surface area contributed by atoms with E-state index in [0.29, 0.717) is 26.9 Å². The fraction of sp³-hybridized carbons (Fsp3) is 0.0500. The van der Waals surface area contributed by atoms with Crippen molar-refractivity contribution in [2.45, 2.75) is 0 Å². The number of ether oxygens (including phenoxy) is 1. The third-order valence-corrected chi connectivity index (χ3v) is 6.22. The Morgan fingerprint density at radius 3 is 2.50 bits per heavy atom. The summed E-state index contributed by atoms with van der Waals surface area (Å²) in [6.07, 6.45) is 3.08. The van der Waals surface area contributed by atoms with Gasteiger partial charge in [0.25, 0.3) is 11.8 Å². The lowest BCUT2D eigenvalue weighted by atomic mass is 10.1. The summed E-state index contributed by atoms with van der Waals surface area (Å²) in [5, 5.41) is 2.84. The Kier molecular flexibility index (Phi) is 7.36. The van der Waals surface area contributed by atoms with Crippen LogP contribution in [0.15, 0.2) is 57.5 Å². The lowest BCUT2D eigenvalue weighted by Crippen LogP contribution is -2.54. The Balaban J connectivity index is 2.03. The summed E-state index contributed by atoms with van der Waals surface area (Å²) in [6.45, 7) is 3.94. The summed E-state index contributed by atoms with van der Waals surface area (Å²) >= 11 is 24.4. The normalized spacial score (nSPS) is 15.4. The number of hydrogen-bond acceptors (Lipinski definition) is 4. The Hall–Kier alpha value is -1.71. The Morgan fingerprint density at radius 2 is 1.87 bits per heavy atom. The maximum absolute atomic E-state index is 13.1. The molecule has 0 aliphatic carbocycles. The number of nitrogens with one attached hydrogen (secondary N) is 1. The van der Waals surface area contributed by atoms with E-state index < -0.39 is 11.8 Å². The van der Waals surface area contributed by atoms with Gasteiger partial charge in [-0.15, -0.1) is 0 Å². The molecule has 0 radical (unpaired) electrons. The highest BCUT2D eigenvalue weighted by Gasteiger charge is 2.35. The van der Waals surface area contributed by atoms with Crippen LogP contribution < -0.4 is 15.0 Å². The first-order chi connectivity index (χ1) is 14.2. The van der Waals surface area contributed by atoms with Crippen molar-refractivity contribution < 1.29 is 14.3 Å². The second kappa shape index (κ2) is 9.62. The molecule has 1 saturated heterocycles. The monoisotopic (exact) mass is 588 g/mol. The summed E-state index contributed by atoms with van der Waals surface area (Å²) in [6, 6.07) is 8.26. The largest absolute Gasteiger partial charge is 0.487 e. The number of benzene rings is 2. The number of carbonyl (C=O) groups is 2. The molecule has 1 fully saturated rings. The van der Waals surface area contributed by atoms with Crippen molar-refractivity contribution in [1.29, 1.82) is 0 Å². The van der Waals surface area contributed by atoms with Crippen LogP contribution in [-0.4, -0.2) is 23.5 Å². The molecule has 154 valence electrons. The fourth-order valence-corrected chi connectivity index (χ4v) is 4.76. The minimum atomic E-state index is -0.618. The number of halogens is 4. The first-order valence-corrected chi connectivity index (χ1v) is 11.1. The van der Waals surface area contributed by atoms with Gasteiger partial charge in [0, 0.05) is 0 Å². The van der Waals surface area contributed by atoms with E-state index in [1.165, 1.54) is 6.08 Å². The van der Waals surface area contributed by atoms with Crippen LogP contribution in [0.2, 0.25) is 10.0 Å². The molecule has 2 aromatic carbocycles. The smallest absolute Gasteiger partial charge is 0.270 e. The molecule has 0 spiro atoms. The SMILES string of the molecule is C=CCOc1c(Br)cc(/C=C2/C(=O)NC(=S)N(c3cccc(Cl)c3Cl)C2=O)cc1Br. The van der Waals surface area contributed by atoms with E-state index in [4.69, 9.17) is 40.2 Å². The maximum Gasteiger partial charge on any atom is 0.270 e. The molecule has 1 aliphatic rings. The number of thiocarbonyl (C=S) groups is 1. The molecule has 0 unspecified atom stereocenters. The second-order valence-electron chi connectivity index (χ2n) is 5.94. The molecule has 1 aliphatic heterocycles. The lowest BCUT2D eigenvalue weighted by Gasteiger charge is -2.29. The molecule has 30 heavy (non-hydrogen) atoms. The molecule has 10 heteroatoms. The summed E-state index contributed by atoms with van der Waals surface area (Å²) in [7, 11) is 0. The number of anilines is 1. The van der Waals surface area contributed by atoms with Crippen LogP contribution in [0.5, 0.6) is 5.75 Å². The average molecular weight is 591 g/mol. The zero-order valence-electron chi connectivity index (χ0n) is 15.0. The third-order valence-electron chi connectivity index (χ3n) is 3.95. The van der Waals surface area contributed by atoms with E-state index in [2.05, 4.69) is 43.8 Å². The van der Waals surface area contributed by atoms with Crippen molar-refractivity contribution in [3.8, 4) is 5.75 Å². The van der Waals surface area contributed by atoms with Gasteiger partial charge in [-0.05, 0) is 80.0 Å². The van der Waals surface area contributed by atoms with E-state index in [-0.39, 0.29) is 26.4 Å². The van der Waals surface area contributed by atoms with Gasteiger partial charge in [-0.3, -0.25) is 19.8 Å². The molecule has 5 nitrogen and oxygen atoms in total. The summed E-state index contributed by atoms with van der Waals surface area (Å²) in [5.41, 5.74) is 0.752. The predicted octanol–water partition coefficient (Wildman–Crippen LogP) is 5.91. The molecule has 2 aromatic rings. The van der Waals surface area contributed by atoms with Gasteiger partial charge in [0.2, 0.25) is 0 Å². The molecular weight excluding hydrogens is 579 g/mol. The standard InChI is InChI=1S/C20H12Br2Cl2N2O3S/c1-2-6-29-17-12(21)8-10(9-13(17)22)7-11-18(27)25-20(30)26(19(11)28)15-5-3-4-14(23)16(15)24/h2-5,7-9H,1,6H2,(H,25,27,30)/b11-7-. The van der Waals surface area contributed by atoms with Crippen LogP contribution in [0, 0.1) is 0 Å². The van der Waals surface area contributed by atoms with Crippen molar-refractivity contribution in [2.24, 2.45) is 0 Å². The van der Waals surface area contributed by atoms with Crippen molar-refractivity contribution in [3.63, 3.8) is 0 Å². The zero-order chi connectivity index (χ0) is 22.0. The van der Waals surface area contributed by atoms with Gasteiger partial charge in [-0.1, -0.05) is 41.9 Å². The van der Waals surface area contributed by atoms with E-state index in [1.807, 2.05) is 0 Å². The van der Waals surface area contributed by atoms with Crippen LogP contribution in [0.4, 0.5) is 5.69 Å². The van der Waals surface area contributed by atoms with E-state index in [1.54, 1.807) is 36.4 Å². The predicted molar refractivity (Wildman–Crippen MR) is 130 cm³/mol. The highest BCUT2D eigenvalue weighted by molar-refractivity contribution is 9.11. The molecule has 0 saturated carbocycles. The Bertz CT molecular complexity index is 1100. The molecule has 1 heterocycles. The molecule has 1 N–H and O–H groups in total. The Morgan fingerprint density at radius 1 is 1.20 bits per heavy atom. The number of carbonyl (C=O) groups excluding carboxylic acids is 2. The van der Waals surface area contributed by atoms with Crippen LogP contribution in [-0.2, 0) is 9.59 Å². The Labute approximate surface area is 204 Å². The minimum absolute atomic E-state index is 0.0816. The maximum atomic E-state index is 13.1. The molecule has 0 atom stereocenters. The second-order valence-corrected chi connectivity index (χ2v) is 8.82. The average Bonchev–Trinajstić information content (AvgIpc) is 2.67. The molecule has 2 amide bonds.